The molecule has 1 atom stereocenters. The van der Waals surface area contributed by atoms with Crippen molar-refractivity contribution in [1.29, 1.82) is 0 Å². The van der Waals surface area contributed by atoms with Crippen LogP contribution in [0.4, 0.5) is 14.5 Å². The Morgan fingerprint density at radius 2 is 1.61 bits per heavy atom. The van der Waals surface area contributed by atoms with Crippen molar-refractivity contribution in [3.8, 4) is 0 Å². The number of nitrogens with one attached hydrogen (secondary N) is 1. The van der Waals surface area contributed by atoms with Crippen molar-refractivity contribution in [3.05, 3.63) is 65.0 Å². The smallest absolute Gasteiger partial charge is 0.338 e. The molecule has 28 heavy (non-hydrogen) atoms. The fourth-order valence-corrected chi connectivity index (χ4v) is 2.48. The van der Waals surface area contributed by atoms with E-state index in [-0.39, 0.29) is 5.56 Å². The maximum absolute atomic E-state index is 13.6. The van der Waals surface area contributed by atoms with E-state index in [1.54, 1.807) is 13.0 Å². The quantitative estimate of drug-likeness (QED) is 0.693. The zero-order chi connectivity index (χ0) is 20.4. The molecule has 0 aliphatic rings. The summed E-state index contributed by atoms with van der Waals surface area (Å²) in [5.74, 6) is -3.47. The summed E-state index contributed by atoms with van der Waals surface area (Å²) >= 11 is 0. The number of rotatable bonds is 4. The Morgan fingerprint density at radius 3 is 2.25 bits per heavy atom. The molecule has 1 aromatic heterocycles. The highest BCUT2D eigenvalue weighted by Crippen LogP contribution is 2.19. The van der Waals surface area contributed by atoms with E-state index >= 15 is 0 Å². The lowest BCUT2D eigenvalue weighted by Crippen LogP contribution is -2.30. The number of ether oxygens (including phenoxy) is 1. The minimum Gasteiger partial charge on any atom is -0.449 e. The molecule has 144 valence electrons. The summed E-state index contributed by atoms with van der Waals surface area (Å²) in [5, 5.41) is 2.09. The predicted octanol–water partition coefficient (Wildman–Crippen LogP) is 3.71. The van der Waals surface area contributed by atoms with E-state index in [1.807, 2.05) is 6.92 Å². The topological polar surface area (TPSA) is 81.2 Å². The fraction of sp³-hybridized carbons (Fsp3) is 0.200. The molecule has 0 radical (unpaired) electrons. The molecule has 3 rings (SSSR count). The Balaban J connectivity index is 1.74. The van der Waals surface area contributed by atoms with E-state index in [4.69, 9.17) is 4.74 Å². The minimum absolute atomic E-state index is 0.182. The van der Waals surface area contributed by atoms with Crippen molar-refractivity contribution in [2.24, 2.45) is 0 Å². The number of aromatic nitrogens is 2. The van der Waals surface area contributed by atoms with E-state index < -0.39 is 35.3 Å². The zero-order valence-electron chi connectivity index (χ0n) is 15.4. The molecule has 1 heterocycles. The van der Waals surface area contributed by atoms with Gasteiger partial charge in [-0.25, -0.2) is 23.5 Å². The number of nitrogens with zero attached hydrogens (tertiary/aromatic N) is 2. The average Bonchev–Trinajstić information content (AvgIpc) is 2.65. The van der Waals surface area contributed by atoms with E-state index in [0.29, 0.717) is 11.0 Å². The summed E-state index contributed by atoms with van der Waals surface area (Å²) in [4.78, 5) is 33.2. The molecule has 3 aromatic rings. The molecule has 0 saturated carbocycles. The molecule has 0 aliphatic carbocycles. The summed E-state index contributed by atoms with van der Waals surface area (Å²) in [6.07, 6.45) is -1.27. The second kappa shape index (κ2) is 7.67. The third-order valence-corrected chi connectivity index (χ3v) is 4.18. The van der Waals surface area contributed by atoms with Gasteiger partial charge in [-0.15, -0.1) is 0 Å². The molecule has 0 fully saturated rings. The first-order chi connectivity index (χ1) is 13.3. The number of carbonyl (C=O) groups is 2. The van der Waals surface area contributed by atoms with Crippen molar-refractivity contribution < 1.29 is 23.1 Å². The molecular formula is C20H17F2N3O3. The molecule has 2 aromatic carbocycles. The van der Waals surface area contributed by atoms with Crippen LogP contribution in [0.1, 0.15) is 28.7 Å². The summed E-state index contributed by atoms with van der Waals surface area (Å²) in [7, 11) is 0. The van der Waals surface area contributed by atoms with Crippen LogP contribution in [0.2, 0.25) is 0 Å². The Morgan fingerprint density at radius 1 is 1.00 bits per heavy atom. The Kier molecular flexibility index (Phi) is 5.30. The molecule has 0 unspecified atom stereocenters. The number of fused-ring (bicyclic) bond motifs is 1. The Hall–Kier alpha value is -3.42. The summed E-state index contributed by atoms with van der Waals surface area (Å²) in [6.45, 7) is 4.95. The van der Waals surface area contributed by atoms with Crippen LogP contribution in [-0.2, 0) is 9.53 Å². The van der Waals surface area contributed by atoms with Gasteiger partial charge in [-0.05, 0) is 51.1 Å². The van der Waals surface area contributed by atoms with Crippen molar-refractivity contribution in [2.75, 3.05) is 5.32 Å². The molecule has 0 bridgehead atoms. The van der Waals surface area contributed by atoms with Crippen LogP contribution >= 0.6 is 0 Å². The van der Waals surface area contributed by atoms with Crippen LogP contribution in [0, 0.1) is 25.5 Å². The highest BCUT2D eigenvalue weighted by molar-refractivity contribution is 5.98. The van der Waals surface area contributed by atoms with E-state index in [2.05, 4.69) is 15.3 Å². The molecule has 0 spiro atoms. The van der Waals surface area contributed by atoms with Gasteiger partial charge in [0.1, 0.15) is 17.3 Å². The molecule has 1 amide bonds. The zero-order valence-corrected chi connectivity index (χ0v) is 15.4. The number of halogens is 2. The number of carbonyl (C=O) groups excluding carboxylic acids is 2. The summed E-state index contributed by atoms with van der Waals surface area (Å²) in [5.41, 5.74) is 2.25. The van der Waals surface area contributed by atoms with Crippen molar-refractivity contribution in [3.63, 3.8) is 0 Å². The predicted molar refractivity (Wildman–Crippen MR) is 98.9 cm³/mol. The highest BCUT2D eigenvalue weighted by atomic mass is 19.1. The third-order valence-electron chi connectivity index (χ3n) is 4.18. The molecule has 1 N–H and O–H groups in total. The normalized spacial score (nSPS) is 11.9. The number of hydrogen-bond donors (Lipinski definition) is 1. The number of anilines is 1. The van der Waals surface area contributed by atoms with Gasteiger partial charge in [-0.1, -0.05) is 6.07 Å². The summed E-state index contributed by atoms with van der Waals surface area (Å²) < 4.78 is 32.4. The first kappa shape index (κ1) is 19.3. The standard InChI is InChI=1S/C20H17F2N3O3/c1-10-11(2)24-17-9-13(7-8-16(17)23-10)20(27)28-12(3)19(26)25-18-14(21)5-4-6-15(18)22/h4-9,12H,1-3H3,(H,25,26)/t12-/m1/s1. The summed E-state index contributed by atoms with van der Waals surface area (Å²) in [6, 6.07) is 7.85. The number of amides is 1. The third kappa shape index (κ3) is 3.95. The van der Waals surface area contributed by atoms with Gasteiger partial charge in [0.15, 0.2) is 6.10 Å². The van der Waals surface area contributed by atoms with Crippen LogP contribution in [0.25, 0.3) is 11.0 Å². The second-order valence-electron chi connectivity index (χ2n) is 6.23. The number of para-hydroxylation sites is 1. The largest absolute Gasteiger partial charge is 0.449 e. The van der Waals surface area contributed by atoms with Gasteiger partial charge in [0.25, 0.3) is 5.91 Å². The van der Waals surface area contributed by atoms with Gasteiger partial charge < -0.3 is 10.1 Å². The number of benzene rings is 2. The molecular weight excluding hydrogens is 368 g/mol. The lowest BCUT2D eigenvalue weighted by Gasteiger charge is -2.14. The lowest BCUT2D eigenvalue weighted by atomic mass is 10.2. The Bertz CT molecular complexity index is 1070. The Labute approximate surface area is 159 Å². The van der Waals surface area contributed by atoms with Gasteiger partial charge in [-0.3, -0.25) is 4.79 Å². The maximum atomic E-state index is 13.6. The van der Waals surface area contributed by atoms with E-state index in [1.165, 1.54) is 25.1 Å². The highest BCUT2D eigenvalue weighted by Gasteiger charge is 2.22. The van der Waals surface area contributed by atoms with Gasteiger partial charge in [0.05, 0.1) is 28.0 Å². The SMILES string of the molecule is Cc1nc2ccc(C(=O)O[C@H](C)C(=O)Nc3c(F)cccc3F)cc2nc1C. The van der Waals surface area contributed by atoms with Crippen LogP contribution < -0.4 is 5.32 Å². The maximum Gasteiger partial charge on any atom is 0.338 e. The van der Waals surface area contributed by atoms with E-state index in [0.717, 1.165) is 23.5 Å². The van der Waals surface area contributed by atoms with E-state index in [9.17, 15) is 18.4 Å². The average molecular weight is 385 g/mol. The first-order valence-corrected chi connectivity index (χ1v) is 8.47. The van der Waals surface area contributed by atoms with Gasteiger partial charge >= 0.3 is 5.97 Å². The number of hydrogen-bond acceptors (Lipinski definition) is 5. The molecule has 0 saturated heterocycles. The van der Waals surface area contributed by atoms with Crippen molar-refractivity contribution in [1.82, 2.24) is 9.97 Å². The number of aryl methyl sites for hydroxylation is 2. The van der Waals surface area contributed by atoms with Crippen LogP contribution in [-0.4, -0.2) is 27.9 Å². The minimum atomic E-state index is -1.27. The molecule has 8 heteroatoms. The van der Waals surface area contributed by atoms with Crippen molar-refractivity contribution >= 4 is 28.6 Å². The number of esters is 1. The first-order valence-electron chi connectivity index (χ1n) is 8.47. The lowest BCUT2D eigenvalue weighted by molar-refractivity contribution is -0.123. The fourth-order valence-electron chi connectivity index (χ4n) is 2.48. The van der Waals surface area contributed by atoms with Gasteiger partial charge in [0, 0.05) is 0 Å². The van der Waals surface area contributed by atoms with Gasteiger partial charge in [-0.2, -0.15) is 0 Å². The van der Waals surface area contributed by atoms with Crippen LogP contribution in [0.15, 0.2) is 36.4 Å². The van der Waals surface area contributed by atoms with Crippen molar-refractivity contribution in [2.45, 2.75) is 26.9 Å². The van der Waals surface area contributed by atoms with Crippen LogP contribution in [0.5, 0.6) is 0 Å². The molecule has 0 aliphatic heterocycles. The second-order valence-corrected chi connectivity index (χ2v) is 6.23. The van der Waals surface area contributed by atoms with Gasteiger partial charge in [0.2, 0.25) is 0 Å². The molecule has 6 nitrogen and oxygen atoms in total. The van der Waals surface area contributed by atoms with Crippen LogP contribution in [0.3, 0.4) is 0 Å². The monoisotopic (exact) mass is 385 g/mol.